The van der Waals surface area contributed by atoms with E-state index in [1.807, 2.05) is 0 Å². The molecule has 0 rings (SSSR count). The van der Waals surface area contributed by atoms with E-state index in [-0.39, 0.29) is 25.2 Å². The lowest BCUT2D eigenvalue weighted by Crippen LogP contribution is -2.28. The number of carbonyl (C=O) groups excluding carboxylic acids is 2. The maximum atomic E-state index is 12.2. The molecule has 1 unspecified atom stereocenters. The van der Waals surface area contributed by atoms with Gasteiger partial charge in [-0.1, -0.05) is 184 Å². The van der Waals surface area contributed by atoms with Crippen LogP contribution in [0.15, 0.2) is 60.8 Å². The number of aliphatic hydroxyl groups excluding tert-OH is 1. The van der Waals surface area contributed by atoms with Crippen LogP contribution in [0.1, 0.15) is 194 Å². The van der Waals surface area contributed by atoms with E-state index in [4.69, 9.17) is 9.47 Å². The van der Waals surface area contributed by atoms with Gasteiger partial charge in [0, 0.05) is 12.8 Å². The molecule has 0 saturated carbocycles. The Morgan fingerprint density at radius 3 is 1.30 bits per heavy atom. The molecular formula is C45H78O5. The van der Waals surface area contributed by atoms with E-state index in [0.717, 1.165) is 89.9 Å². The lowest BCUT2D eigenvalue weighted by molar-refractivity contribution is -0.161. The predicted octanol–water partition coefficient (Wildman–Crippen LogP) is 13.2. The number of carbonyl (C=O) groups is 2. The molecule has 0 fully saturated rings. The summed E-state index contributed by atoms with van der Waals surface area (Å²) in [5, 5.41) is 9.57. The van der Waals surface area contributed by atoms with Gasteiger partial charge in [0.05, 0.1) is 6.61 Å². The van der Waals surface area contributed by atoms with Crippen LogP contribution in [-0.2, 0) is 19.1 Å². The molecule has 0 aliphatic heterocycles. The number of hydrogen-bond donors (Lipinski definition) is 1. The highest BCUT2D eigenvalue weighted by Gasteiger charge is 2.16. The van der Waals surface area contributed by atoms with Crippen molar-refractivity contribution >= 4 is 11.9 Å². The minimum absolute atomic E-state index is 0.0738. The Morgan fingerprint density at radius 1 is 0.480 bits per heavy atom. The van der Waals surface area contributed by atoms with Crippen LogP contribution in [0.4, 0.5) is 0 Å². The van der Waals surface area contributed by atoms with Crippen LogP contribution in [0.3, 0.4) is 0 Å². The number of allylic oxidation sites excluding steroid dienone is 10. The molecule has 0 aliphatic rings. The molecule has 0 aromatic rings. The maximum Gasteiger partial charge on any atom is 0.306 e. The van der Waals surface area contributed by atoms with Gasteiger partial charge >= 0.3 is 11.9 Å². The number of ether oxygens (including phenoxy) is 2. The van der Waals surface area contributed by atoms with Crippen molar-refractivity contribution in [1.82, 2.24) is 0 Å². The van der Waals surface area contributed by atoms with E-state index >= 15 is 0 Å². The molecule has 0 saturated heterocycles. The molecule has 0 radical (unpaired) electrons. The summed E-state index contributed by atoms with van der Waals surface area (Å²) in [6.07, 6.45) is 52.8. The van der Waals surface area contributed by atoms with Gasteiger partial charge < -0.3 is 14.6 Å². The highest BCUT2D eigenvalue weighted by atomic mass is 16.6. The molecule has 0 heterocycles. The summed E-state index contributed by atoms with van der Waals surface area (Å²) in [6, 6.07) is 0. The van der Waals surface area contributed by atoms with Gasteiger partial charge in [0.2, 0.25) is 0 Å². The van der Waals surface area contributed by atoms with E-state index < -0.39 is 6.10 Å². The van der Waals surface area contributed by atoms with Gasteiger partial charge in [-0.15, -0.1) is 0 Å². The summed E-state index contributed by atoms with van der Waals surface area (Å²) in [4.78, 5) is 24.3. The van der Waals surface area contributed by atoms with Gasteiger partial charge in [0.25, 0.3) is 0 Å². The zero-order chi connectivity index (χ0) is 36.4. The SMILES string of the molecule is CC/C=C\C/C=C\C/C=C\C/C=C\C/C=C\CCCCCCCC(=O)OC(CO)COC(=O)CCCCCCCCCCCCCCCCC. The number of esters is 2. The molecule has 0 aromatic heterocycles. The first-order valence-corrected chi connectivity index (χ1v) is 20.8. The molecule has 0 aliphatic carbocycles. The lowest BCUT2D eigenvalue weighted by Gasteiger charge is -2.15. The Labute approximate surface area is 309 Å². The molecule has 0 aromatic carbocycles. The first-order valence-electron chi connectivity index (χ1n) is 20.8. The van der Waals surface area contributed by atoms with E-state index in [0.29, 0.717) is 12.8 Å². The highest BCUT2D eigenvalue weighted by Crippen LogP contribution is 2.14. The van der Waals surface area contributed by atoms with Gasteiger partial charge in [-0.2, -0.15) is 0 Å². The minimum atomic E-state index is -0.782. The number of aliphatic hydroxyl groups is 1. The Morgan fingerprint density at radius 2 is 0.860 bits per heavy atom. The van der Waals surface area contributed by atoms with Crippen LogP contribution in [0.5, 0.6) is 0 Å². The fourth-order valence-corrected chi connectivity index (χ4v) is 5.70. The van der Waals surface area contributed by atoms with Crippen LogP contribution >= 0.6 is 0 Å². The van der Waals surface area contributed by atoms with Crippen molar-refractivity contribution in [3.05, 3.63) is 60.8 Å². The van der Waals surface area contributed by atoms with E-state index in [9.17, 15) is 14.7 Å². The lowest BCUT2D eigenvalue weighted by atomic mass is 10.0. The second-order valence-electron chi connectivity index (χ2n) is 13.7. The summed E-state index contributed by atoms with van der Waals surface area (Å²) < 4.78 is 10.6. The molecule has 0 amide bonds. The molecule has 0 spiro atoms. The molecular weight excluding hydrogens is 620 g/mol. The van der Waals surface area contributed by atoms with Gasteiger partial charge in [-0.05, 0) is 57.8 Å². The van der Waals surface area contributed by atoms with E-state index in [2.05, 4.69) is 74.6 Å². The average Bonchev–Trinajstić information content (AvgIpc) is 3.12. The summed E-state index contributed by atoms with van der Waals surface area (Å²) in [5.74, 6) is -0.611. The zero-order valence-electron chi connectivity index (χ0n) is 32.6. The van der Waals surface area contributed by atoms with Crippen LogP contribution < -0.4 is 0 Å². The van der Waals surface area contributed by atoms with Gasteiger partial charge in [0.1, 0.15) is 6.61 Å². The molecule has 1 atom stereocenters. The first-order chi connectivity index (χ1) is 24.6. The van der Waals surface area contributed by atoms with Crippen molar-refractivity contribution < 1.29 is 24.2 Å². The molecule has 288 valence electrons. The highest BCUT2D eigenvalue weighted by molar-refractivity contribution is 5.70. The van der Waals surface area contributed by atoms with Crippen molar-refractivity contribution in [2.75, 3.05) is 13.2 Å². The van der Waals surface area contributed by atoms with Gasteiger partial charge in [-0.3, -0.25) is 9.59 Å². The smallest absolute Gasteiger partial charge is 0.306 e. The van der Waals surface area contributed by atoms with Crippen LogP contribution in [-0.4, -0.2) is 36.4 Å². The summed E-state index contributed by atoms with van der Waals surface area (Å²) in [7, 11) is 0. The number of unbranched alkanes of at least 4 members (excludes halogenated alkanes) is 19. The van der Waals surface area contributed by atoms with Crippen molar-refractivity contribution in [2.45, 2.75) is 200 Å². The Hall–Kier alpha value is -2.40. The molecule has 1 N–H and O–H groups in total. The summed E-state index contributed by atoms with van der Waals surface area (Å²) in [5.41, 5.74) is 0. The van der Waals surface area contributed by atoms with Crippen molar-refractivity contribution in [1.29, 1.82) is 0 Å². The molecule has 50 heavy (non-hydrogen) atoms. The summed E-state index contributed by atoms with van der Waals surface area (Å²) >= 11 is 0. The zero-order valence-corrected chi connectivity index (χ0v) is 32.6. The topological polar surface area (TPSA) is 72.8 Å². The van der Waals surface area contributed by atoms with E-state index in [1.54, 1.807) is 0 Å². The molecule has 0 bridgehead atoms. The standard InChI is InChI=1S/C45H78O5/c1-3-5-7-9-11-13-15-17-19-20-21-22-23-24-26-28-30-32-34-36-38-40-45(48)50-43(41-46)42-49-44(47)39-37-35-33-31-29-27-25-18-16-14-12-10-8-6-4-2/h5,7,11,13,17,19,21-22,24,26,43,46H,3-4,6,8-10,12,14-16,18,20,23,25,27-42H2,1-2H3/b7-5-,13-11-,19-17-,22-21-,26-24-. The second-order valence-corrected chi connectivity index (χ2v) is 13.7. The van der Waals surface area contributed by atoms with Crippen LogP contribution in [0, 0.1) is 0 Å². The second kappa shape index (κ2) is 41.0. The Kier molecular flexibility index (Phi) is 39.1. The molecule has 5 heteroatoms. The fourth-order valence-electron chi connectivity index (χ4n) is 5.70. The monoisotopic (exact) mass is 699 g/mol. The van der Waals surface area contributed by atoms with E-state index in [1.165, 1.54) is 77.0 Å². The number of rotatable bonds is 37. The van der Waals surface area contributed by atoms with Crippen LogP contribution in [0.2, 0.25) is 0 Å². The molecule has 5 nitrogen and oxygen atoms in total. The Bertz CT molecular complexity index is 884. The van der Waals surface area contributed by atoms with Gasteiger partial charge in [0.15, 0.2) is 6.10 Å². The normalized spacial score (nSPS) is 12.8. The average molecular weight is 699 g/mol. The largest absolute Gasteiger partial charge is 0.462 e. The fraction of sp³-hybridized carbons (Fsp3) is 0.733. The third-order valence-corrected chi connectivity index (χ3v) is 8.83. The van der Waals surface area contributed by atoms with Crippen LogP contribution in [0.25, 0.3) is 0 Å². The maximum absolute atomic E-state index is 12.2. The first kappa shape index (κ1) is 47.6. The predicted molar refractivity (Wildman–Crippen MR) is 214 cm³/mol. The van der Waals surface area contributed by atoms with Gasteiger partial charge in [-0.25, -0.2) is 0 Å². The quantitative estimate of drug-likeness (QED) is 0.0397. The third kappa shape index (κ3) is 38.4. The third-order valence-electron chi connectivity index (χ3n) is 8.83. The van der Waals surface area contributed by atoms with Crippen molar-refractivity contribution in [3.63, 3.8) is 0 Å². The van der Waals surface area contributed by atoms with Crippen molar-refractivity contribution in [2.24, 2.45) is 0 Å². The summed E-state index contributed by atoms with van der Waals surface area (Å²) in [6.45, 7) is 4.01. The van der Waals surface area contributed by atoms with Crippen molar-refractivity contribution in [3.8, 4) is 0 Å². The Balaban J connectivity index is 3.60. The minimum Gasteiger partial charge on any atom is -0.462 e. The number of hydrogen-bond acceptors (Lipinski definition) is 5.